The number of isothiocyanates is 1. The van der Waals surface area contributed by atoms with Crippen LogP contribution in [-0.2, 0) is 0 Å². The van der Waals surface area contributed by atoms with Gasteiger partial charge in [0.15, 0.2) is 0 Å². The molecule has 0 atom stereocenters. The summed E-state index contributed by atoms with van der Waals surface area (Å²) >= 11 is 3.70. The Hall–Kier alpha value is -0.240. The SMILES string of the molecule is CCCCCCCCCCCCC[N+](CCC)(CCCCCCCCCCCCC)CCCCCCCCCCCCC.[N-]=C=S. The second-order valence-electron chi connectivity index (χ2n) is 14.9. The number of quaternary nitrogens is 1. The maximum Gasteiger partial charge on any atom is 0.0786 e. The molecule has 0 spiro atoms. The quantitative estimate of drug-likeness (QED) is 0.0279. The van der Waals surface area contributed by atoms with Crippen molar-refractivity contribution in [2.75, 3.05) is 26.2 Å². The van der Waals surface area contributed by atoms with Crippen LogP contribution in [0.25, 0.3) is 5.41 Å². The molecule has 0 aromatic carbocycles. The Bertz CT molecular complexity index is 507. The number of hydrogen-bond acceptors (Lipinski definition) is 1. The van der Waals surface area contributed by atoms with Crippen LogP contribution >= 0.6 is 12.2 Å². The predicted octanol–water partition coefficient (Wildman–Crippen LogP) is 15.8. The molecule has 0 aliphatic carbocycles. The summed E-state index contributed by atoms with van der Waals surface area (Å²) in [7, 11) is 0. The minimum atomic E-state index is 1.33. The molecular weight excluding hydrogens is 577 g/mol. The predicted molar refractivity (Wildman–Crippen MR) is 215 cm³/mol. The molecule has 0 saturated heterocycles. The molecule has 0 fully saturated rings. The Labute approximate surface area is 298 Å². The Morgan fingerprint density at radius 3 is 0.652 bits per heavy atom. The van der Waals surface area contributed by atoms with Crippen molar-refractivity contribution in [3.8, 4) is 0 Å². The summed E-state index contributed by atoms with van der Waals surface area (Å²) in [5.74, 6) is 0. The van der Waals surface area contributed by atoms with Crippen molar-refractivity contribution in [2.45, 2.75) is 246 Å². The summed E-state index contributed by atoms with van der Waals surface area (Å²) < 4.78 is 1.46. The lowest BCUT2D eigenvalue weighted by atomic mass is 10.0. The van der Waals surface area contributed by atoms with Crippen LogP contribution in [0.15, 0.2) is 0 Å². The molecule has 46 heavy (non-hydrogen) atoms. The van der Waals surface area contributed by atoms with Gasteiger partial charge in [0.1, 0.15) is 0 Å². The van der Waals surface area contributed by atoms with Crippen LogP contribution in [0.4, 0.5) is 0 Å². The minimum Gasteiger partial charge on any atom is -0.753 e. The molecule has 0 aromatic rings. The highest BCUT2D eigenvalue weighted by molar-refractivity contribution is 7.78. The summed E-state index contributed by atoms with van der Waals surface area (Å²) in [5, 5.41) is 8.47. The van der Waals surface area contributed by atoms with E-state index < -0.39 is 0 Å². The van der Waals surface area contributed by atoms with E-state index in [1.807, 2.05) is 0 Å². The number of thiocarbonyl (C=S) groups is 1. The molecule has 0 aromatic heterocycles. The topological polar surface area (TPSA) is 22.3 Å². The zero-order valence-electron chi connectivity index (χ0n) is 32.7. The summed E-state index contributed by atoms with van der Waals surface area (Å²) in [4.78, 5) is 0. The molecule has 0 unspecified atom stereocenters. The monoisotopic (exact) mass is 665 g/mol. The van der Waals surface area contributed by atoms with Crippen molar-refractivity contribution >= 4 is 17.4 Å². The minimum absolute atomic E-state index is 1.33. The van der Waals surface area contributed by atoms with E-state index in [0.29, 0.717) is 0 Å². The molecule has 0 amide bonds. The van der Waals surface area contributed by atoms with Gasteiger partial charge in [-0.1, -0.05) is 213 Å². The molecule has 276 valence electrons. The normalized spacial score (nSPS) is 11.4. The first-order valence-electron chi connectivity index (χ1n) is 21.5. The average Bonchev–Trinajstić information content (AvgIpc) is 3.05. The number of unbranched alkanes of at least 4 members (excludes halogenated alkanes) is 30. The summed E-state index contributed by atoms with van der Waals surface area (Å²) in [6.07, 6.45) is 49.8. The van der Waals surface area contributed by atoms with Gasteiger partial charge in [-0.2, -0.15) is 5.16 Å². The van der Waals surface area contributed by atoms with Gasteiger partial charge in [-0.25, -0.2) is 0 Å². The fraction of sp³-hybridized carbons (Fsp3) is 0.977. The van der Waals surface area contributed by atoms with Crippen LogP contribution in [-0.4, -0.2) is 35.8 Å². The highest BCUT2D eigenvalue weighted by Crippen LogP contribution is 2.20. The Balaban J connectivity index is 0. The summed E-state index contributed by atoms with van der Waals surface area (Å²) in [5.41, 5.74) is 0. The van der Waals surface area contributed by atoms with Crippen molar-refractivity contribution in [3.05, 3.63) is 5.41 Å². The largest absolute Gasteiger partial charge is 0.753 e. The van der Waals surface area contributed by atoms with E-state index in [9.17, 15) is 0 Å². The van der Waals surface area contributed by atoms with E-state index in [2.05, 4.69) is 39.9 Å². The second-order valence-corrected chi connectivity index (χ2v) is 15.1. The zero-order chi connectivity index (χ0) is 34.1. The Kier molecular flexibility index (Phi) is 44.5. The van der Waals surface area contributed by atoms with E-state index >= 15 is 0 Å². The van der Waals surface area contributed by atoms with Crippen molar-refractivity contribution in [1.82, 2.24) is 0 Å². The van der Waals surface area contributed by atoms with Crippen LogP contribution in [0.3, 0.4) is 0 Å². The van der Waals surface area contributed by atoms with Crippen molar-refractivity contribution in [2.24, 2.45) is 0 Å². The Morgan fingerprint density at radius 1 is 0.304 bits per heavy atom. The lowest BCUT2D eigenvalue weighted by Gasteiger charge is -2.39. The third-order valence-corrected chi connectivity index (χ3v) is 10.4. The third kappa shape index (κ3) is 38.2. The van der Waals surface area contributed by atoms with Gasteiger partial charge in [0.05, 0.1) is 26.2 Å². The van der Waals surface area contributed by atoms with Crippen molar-refractivity contribution < 1.29 is 4.48 Å². The molecule has 0 rings (SSSR count). The smallest absolute Gasteiger partial charge is 0.0786 e. The highest BCUT2D eigenvalue weighted by Gasteiger charge is 2.25. The number of nitrogens with zero attached hydrogens (tertiary/aromatic N) is 2. The zero-order valence-corrected chi connectivity index (χ0v) is 33.5. The first-order valence-corrected chi connectivity index (χ1v) is 21.9. The van der Waals surface area contributed by atoms with Crippen molar-refractivity contribution in [1.29, 1.82) is 0 Å². The molecule has 0 aliphatic heterocycles. The van der Waals surface area contributed by atoms with Gasteiger partial charge in [0.2, 0.25) is 0 Å². The van der Waals surface area contributed by atoms with E-state index in [1.54, 1.807) is 0 Å². The van der Waals surface area contributed by atoms with Crippen LogP contribution in [0.1, 0.15) is 246 Å². The number of hydrogen-bond donors (Lipinski definition) is 0. The average molecular weight is 665 g/mol. The fourth-order valence-corrected chi connectivity index (χ4v) is 7.48. The molecule has 0 bridgehead atoms. The molecule has 0 heterocycles. The van der Waals surface area contributed by atoms with Crippen LogP contribution in [0, 0.1) is 0 Å². The highest BCUT2D eigenvalue weighted by atomic mass is 32.1. The molecular formula is C43H88N2S. The fourth-order valence-electron chi connectivity index (χ4n) is 7.48. The molecule has 3 heteroatoms. The van der Waals surface area contributed by atoms with Crippen LogP contribution < -0.4 is 0 Å². The first kappa shape index (κ1) is 47.9. The van der Waals surface area contributed by atoms with Crippen molar-refractivity contribution in [3.63, 3.8) is 0 Å². The lowest BCUT2D eigenvalue weighted by Crippen LogP contribution is -2.50. The van der Waals surface area contributed by atoms with E-state index in [0.717, 1.165) is 0 Å². The number of rotatable bonds is 38. The van der Waals surface area contributed by atoms with Crippen LogP contribution in [0.5, 0.6) is 0 Å². The van der Waals surface area contributed by atoms with Gasteiger partial charge in [0, 0.05) is 0 Å². The van der Waals surface area contributed by atoms with Gasteiger partial charge in [-0.3, -0.25) is 0 Å². The standard InChI is InChI=1S/C42H88N.CNS/c1-5-9-12-15-18-21-24-27-30-33-36-40-43(39-8-4,41-37-34-31-28-25-22-19-16-13-10-6-2)42-38-35-32-29-26-23-20-17-14-11-7-3;2-1-3/h5-42H2,1-4H3;/q+1;-1. The van der Waals surface area contributed by atoms with E-state index in [-0.39, 0.29) is 0 Å². The van der Waals surface area contributed by atoms with Gasteiger partial charge < -0.3 is 9.89 Å². The Morgan fingerprint density at radius 2 is 0.478 bits per heavy atom. The van der Waals surface area contributed by atoms with Gasteiger partial charge in [0.25, 0.3) is 0 Å². The first-order chi connectivity index (χ1) is 22.7. The van der Waals surface area contributed by atoms with Gasteiger partial charge in [-0.15, -0.1) is 0 Å². The maximum absolute atomic E-state index is 7.13. The molecule has 0 N–H and O–H groups in total. The third-order valence-electron chi connectivity index (χ3n) is 10.4. The molecule has 2 nitrogen and oxygen atoms in total. The van der Waals surface area contributed by atoms with Gasteiger partial charge >= 0.3 is 0 Å². The maximum atomic E-state index is 7.13. The van der Waals surface area contributed by atoms with E-state index in [4.69, 9.17) is 5.41 Å². The van der Waals surface area contributed by atoms with Gasteiger partial charge in [-0.05, 0) is 44.9 Å². The van der Waals surface area contributed by atoms with Crippen LogP contribution in [0.2, 0.25) is 0 Å². The summed E-state index contributed by atoms with van der Waals surface area (Å²) in [6, 6.07) is 0. The lowest BCUT2D eigenvalue weighted by molar-refractivity contribution is -0.929. The summed E-state index contributed by atoms with van der Waals surface area (Å²) in [6.45, 7) is 15.3. The molecule has 0 aliphatic rings. The van der Waals surface area contributed by atoms with E-state index in [1.165, 1.54) is 254 Å². The molecule has 0 saturated carbocycles. The second kappa shape index (κ2) is 42.8. The molecule has 0 radical (unpaired) electrons.